The summed E-state index contributed by atoms with van der Waals surface area (Å²) in [6.07, 6.45) is 1.77. The van der Waals surface area contributed by atoms with E-state index in [2.05, 4.69) is 0 Å². The first kappa shape index (κ1) is 11.6. The summed E-state index contributed by atoms with van der Waals surface area (Å²) >= 11 is 0. The van der Waals surface area contributed by atoms with Crippen LogP contribution in [0.5, 0.6) is 0 Å². The summed E-state index contributed by atoms with van der Waals surface area (Å²) in [5, 5.41) is 9.10. The SMILES string of the molecule is Cc1cccc(-n2cc(C)c(CO)cc2=O)c1. The number of aliphatic hydroxyl groups is 1. The highest BCUT2D eigenvalue weighted by atomic mass is 16.3. The first-order valence-electron chi connectivity index (χ1n) is 5.52. The second-order valence-corrected chi connectivity index (χ2v) is 4.19. The van der Waals surface area contributed by atoms with Crippen LogP contribution in [0.1, 0.15) is 16.7 Å². The van der Waals surface area contributed by atoms with Gasteiger partial charge in [-0.3, -0.25) is 9.36 Å². The molecular weight excluding hydrogens is 214 g/mol. The van der Waals surface area contributed by atoms with Gasteiger partial charge in [0.1, 0.15) is 0 Å². The Kier molecular flexibility index (Phi) is 3.11. The molecule has 3 nitrogen and oxygen atoms in total. The van der Waals surface area contributed by atoms with Gasteiger partial charge in [-0.25, -0.2) is 0 Å². The smallest absolute Gasteiger partial charge is 0.255 e. The number of rotatable bonds is 2. The van der Waals surface area contributed by atoms with E-state index in [0.29, 0.717) is 5.56 Å². The molecule has 3 heteroatoms. The predicted octanol–water partition coefficient (Wildman–Crippen LogP) is 1.95. The van der Waals surface area contributed by atoms with Crippen LogP contribution < -0.4 is 5.56 Å². The molecule has 0 saturated carbocycles. The van der Waals surface area contributed by atoms with Crippen molar-refractivity contribution in [2.75, 3.05) is 0 Å². The fourth-order valence-corrected chi connectivity index (χ4v) is 1.82. The molecule has 0 bridgehead atoms. The Balaban J connectivity index is 2.61. The third-order valence-corrected chi connectivity index (χ3v) is 2.81. The minimum atomic E-state index is -0.120. The van der Waals surface area contributed by atoms with Crippen molar-refractivity contribution >= 4 is 0 Å². The molecule has 1 aromatic heterocycles. The van der Waals surface area contributed by atoms with E-state index in [-0.39, 0.29) is 12.2 Å². The lowest BCUT2D eigenvalue weighted by molar-refractivity contribution is 0.280. The Morgan fingerprint density at radius 3 is 2.65 bits per heavy atom. The van der Waals surface area contributed by atoms with Gasteiger partial charge in [0.25, 0.3) is 5.56 Å². The van der Waals surface area contributed by atoms with E-state index in [9.17, 15) is 4.79 Å². The van der Waals surface area contributed by atoms with Gasteiger partial charge in [-0.15, -0.1) is 0 Å². The summed E-state index contributed by atoms with van der Waals surface area (Å²) < 4.78 is 1.60. The quantitative estimate of drug-likeness (QED) is 0.855. The molecule has 1 heterocycles. The van der Waals surface area contributed by atoms with E-state index >= 15 is 0 Å². The zero-order valence-electron chi connectivity index (χ0n) is 9.97. The fraction of sp³-hybridized carbons (Fsp3) is 0.214. The van der Waals surface area contributed by atoms with Gasteiger partial charge in [-0.05, 0) is 42.7 Å². The molecule has 2 rings (SSSR count). The van der Waals surface area contributed by atoms with E-state index in [1.165, 1.54) is 6.07 Å². The lowest BCUT2D eigenvalue weighted by Crippen LogP contribution is -2.18. The summed E-state index contributed by atoms with van der Waals surface area (Å²) in [5.41, 5.74) is 3.43. The molecule has 0 radical (unpaired) electrons. The largest absolute Gasteiger partial charge is 0.392 e. The first-order valence-corrected chi connectivity index (χ1v) is 5.52. The molecular formula is C14H15NO2. The maximum absolute atomic E-state index is 11.9. The van der Waals surface area contributed by atoms with Gasteiger partial charge in [-0.1, -0.05) is 12.1 Å². The third kappa shape index (κ3) is 2.29. The Morgan fingerprint density at radius 2 is 2.00 bits per heavy atom. The summed E-state index contributed by atoms with van der Waals surface area (Å²) in [6, 6.07) is 9.25. The second kappa shape index (κ2) is 4.55. The van der Waals surface area contributed by atoms with Crippen LogP contribution in [0.15, 0.2) is 41.3 Å². The Bertz CT molecular complexity index is 599. The minimum absolute atomic E-state index is 0.101. The number of aryl methyl sites for hydroxylation is 2. The van der Waals surface area contributed by atoms with Crippen LogP contribution in [0.4, 0.5) is 0 Å². The van der Waals surface area contributed by atoms with Crippen molar-refractivity contribution in [3.8, 4) is 5.69 Å². The molecule has 88 valence electrons. The molecule has 0 spiro atoms. The summed E-state index contributed by atoms with van der Waals surface area (Å²) in [4.78, 5) is 11.9. The molecule has 0 saturated heterocycles. The van der Waals surface area contributed by atoms with Crippen molar-refractivity contribution in [3.05, 3.63) is 63.6 Å². The second-order valence-electron chi connectivity index (χ2n) is 4.19. The number of pyridine rings is 1. The molecule has 0 aliphatic rings. The Labute approximate surface area is 100.0 Å². The molecule has 1 N–H and O–H groups in total. The number of aliphatic hydroxyl groups excluding tert-OH is 1. The molecule has 17 heavy (non-hydrogen) atoms. The highest BCUT2D eigenvalue weighted by Gasteiger charge is 2.04. The number of nitrogens with zero attached hydrogens (tertiary/aromatic N) is 1. The molecule has 0 aliphatic heterocycles. The Hall–Kier alpha value is -1.87. The van der Waals surface area contributed by atoms with Crippen LogP contribution in [0.2, 0.25) is 0 Å². The van der Waals surface area contributed by atoms with Crippen molar-refractivity contribution in [2.24, 2.45) is 0 Å². The van der Waals surface area contributed by atoms with Gasteiger partial charge in [0.15, 0.2) is 0 Å². The number of hydrogen-bond donors (Lipinski definition) is 1. The molecule has 0 amide bonds. The summed E-state index contributed by atoms with van der Waals surface area (Å²) in [6.45, 7) is 3.77. The van der Waals surface area contributed by atoms with Crippen LogP contribution >= 0.6 is 0 Å². The maximum atomic E-state index is 11.9. The first-order chi connectivity index (χ1) is 8.11. The maximum Gasteiger partial charge on any atom is 0.255 e. The molecule has 2 aromatic rings. The average molecular weight is 229 g/mol. The van der Waals surface area contributed by atoms with Gasteiger partial charge in [-0.2, -0.15) is 0 Å². The molecule has 0 fully saturated rings. The van der Waals surface area contributed by atoms with Crippen molar-refractivity contribution in [1.82, 2.24) is 4.57 Å². The highest BCUT2D eigenvalue weighted by molar-refractivity contribution is 5.37. The van der Waals surface area contributed by atoms with Crippen LogP contribution in [0.3, 0.4) is 0 Å². The predicted molar refractivity (Wildman–Crippen MR) is 67.4 cm³/mol. The van der Waals surface area contributed by atoms with Crippen LogP contribution in [-0.4, -0.2) is 9.67 Å². The summed E-state index contributed by atoms with van der Waals surface area (Å²) in [5.74, 6) is 0. The van der Waals surface area contributed by atoms with E-state index in [0.717, 1.165) is 16.8 Å². The lowest BCUT2D eigenvalue weighted by atomic mass is 10.1. The van der Waals surface area contributed by atoms with Crippen molar-refractivity contribution in [1.29, 1.82) is 0 Å². The third-order valence-electron chi connectivity index (χ3n) is 2.81. The number of hydrogen-bond acceptors (Lipinski definition) is 2. The molecule has 0 unspecified atom stereocenters. The van der Waals surface area contributed by atoms with Gasteiger partial charge >= 0.3 is 0 Å². The van der Waals surface area contributed by atoms with Crippen molar-refractivity contribution in [3.63, 3.8) is 0 Å². The molecule has 0 aliphatic carbocycles. The highest BCUT2D eigenvalue weighted by Crippen LogP contribution is 2.11. The average Bonchev–Trinajstić information content (AvgIpc) is 2.31. The van der Waals surface area contributed by atoms with Crippen LogP contribution in [0, 0.1) is 13.8 Å². The standard InChI is InChI=1S/C14H15NO2/c1-10-4-3-5-13(6-10)15-8-11(2)12(9-16)7-14(15)17/h3-8,16H,9H2,1-2H3. The van der Waals surface area contributed by atoms with Gasteiger partial charge in [0.2, 0.25) is 0 Å². The fourth-order valence-electron chi connectivity index (χ4n) is 1.82. The lowest BCUT2D eigenvalue weighted by Gasteiger charge is -2.09. The van der Waals surface area contributed by atoms with Gasteiger partial charge in [0.05, 0.1) is 6.61 Å². The zero-order valence-corrected chi connectivity index (χ0v) is 9.97. The number of aromatic nitrogens is 1. The van der Waals surface area contributed by atoms with E-state index < -0.39 is 0 Å². The van der Waals surface area contributed by atoms with Crippen LogP contribution in [-0.2, 0) is 6.61 Å². The zero-order chi connectivity index (χ0) is 12.4. The normalized spacial score (nSPS) is 10.5. The monoisotopic (exact) mass is 229 g/mol. The molecule has 0 atom stereocenters. The minimum Gasteiger partial charge on any atom is -0.392 e. The van der Waals surface area contributed by atoms with Crippen molar-refractivity contribution in [2.45, 2.75) is 20.5 Å². The van der Waals surface area contributed by atoms with E-state index in [4.69, 9.17) is 5.11 Å². The summed E-state index contributed by atoms with van der Waals surface area (Å²) in [7, 11) is 0. The number of benzene rings is 1. The van der Waals surface area contributed by atoms with Crippen LogP contribution in [0.25, 0.3) is 5.69 Å². The topological polar surface area (TPSA) is 42.2 Å². The molecule has 1 aromatic carbocycles. The van der Waals surface area contributed by atoms with Gasteiger partial charge in [0, 0.05) is 18.0 Å². The Morgan fingerprint density at radius 1 is 1.24 bits per heavy atom. The van der Waals surface area contributed by atoms with Crippen molar-refractivity contribution < 1.29 is 5.11 Å². The van der Waals surface area contributed by atoms with E-state index in [1.807, 2.05) is 38.1 Å². The van der Waals surface area contributed by atoms with E-state index in [1.54, 1.807) is 10.8 Å². The van der Waals surface area contributed by atoms with Gasteiger partial charge < -0.3 is 5.11 Å².